The number of hydrogen-bond donors (Lipinski definition) is 1. The molecule has 5 aliphatic carbocycles. The second-order valence-corrected chi connectivity index (χ2v) is 10.7. The topological polar surface area (TPSA) is 32.8 Å². The van der Waals surface area contributed by atoms with E-state index in [-0.39, 0.29) is 6.10 Å². The summed E-state index contributed by atoms with van der Waals surface area (Å²) in [4.78, 5) is 0. The molecule has 1 N–H and O–H groups in total. The van der Waals surface area contributed by atoms with Gasteiger partial charge in [-0.15, -0.1) is 0 Å². The lowest BCUT2D eigenvalue weighted by Crippen LogP contribution is -2.55. The minimum Gasteiger partial charge on any atom is -0.393 e. The lowest BCUT2D eigenvalue weighted by atomic mass is 9.43. The summed E-state index contributed by atoms with van der Waals surface area (Å²) in [6.45, 7) is 2.62. The van der Waals surface area contributed by atoms with Crippen LogP contribution in [-0.2, 0) is 4.74 Å². The first-order chi connectivity index (χ1) is 11.6. The fourth-order valence-corrected chi connectivity index (χ4v) is 9.23. The number of epoxide rings is 1. The van der Waals surface area contributed by atoms with Crippen LogP contribution in [0.4, 0.5) is 0 Å². The predicted molar refractivity (Wildman–Crippen MR) is 93.4 cm³/mol. The zero-order valence-corrected chi connectivity index (χ0v) is 15.3. The zero-order chi connectivity index (χ0) is 16.1. The van der Waals surface area contributed by atoms with Crippen LogP contribution < -0.4 is 0 Å². The van der Waals surface area contributed by atoms with E-state index in [1.807, 2.05) is 0 Å². The molecule has 10 atom stereocenters. The van der Waals surface area contributed by atoms with Gasteiger partial charge in [-0.3, -0.25) is 0 Å². The number of hydrogen-bond acceptors (Lipinski definition) is 2. The molecule has 0 aromatic rings. The van der Waals surface area contributed by atoms with Gasteiger partial charge < -0.3 is 9.84 Å². The number of aliphatic hydroxyl groups is 1. The normalized spacial score (nSPS) is 64.2. The molecule has 0 aromatic carbocycles. The molecular weight excluding hydrogens is 296 g/mol. The van der Waals surface area contributed by atoms with Gasteiger partial charge in [-0.1, -0.05) is 6.92 Å². The van der Waals surface area contributed by atoms with Crippen molar-refractivity contribution in [2.45, 2.75) is 95.9 Å². The molecule has 1 heterocycles. The van der Waals surface area contributed by atoms with Crippen molar-refractivity contribution in [2.24, 2.45) is 40.4 Å². The first-order valence-corrected chi connectivity index (χ1v) is 11.0. The van der Waals surface area contributed by atoms with Gasteiger partial charge in [-0.2, -0.15) is 0 Å². The van der Waals surface area contributed by atoms with Gasteiger partial charge >= 0.3 is 0 Å². The second-order valence-electron chi connectivity index (χ2n) is 10.7. The molecule has 2 heteroatoms. The van der Waals surface area contributed by atoms with Crippen molar-refractivity contribution < 1.29 is 9.84 Å². The van der Waals surface area contributed by atoms with Crippen LogP contribution in [0.1, 0.15) is 77.6 Å². The smallest absolute Gasteiger partial charge is 0.0875 e. The summed E-state index contributed by atoms with van der Waals surface area (Å²) >= 11 is 0. The summed E-state index contributed by atoms with van der Waals surface area (Å²) in [5, 5.41) is 10.2. The fraction of sp³-hybridized carbons (Fsp3) is 1.00. The molecule has 1 unspecified atom stereocenters. The summed E-state index contributed by atoms with van der Waals surface area (Å²) < 4.78 is 6.06. The molecule has 0 bridgehead atoms. The van der Waals surface area contributed by atoms with Gasteiger partial charge in [0.2, 0.25) is 0 Å². The molecule has 6 fully saturated rings. The SMILES string of the molecule is C[C@]12CC[C@@H](O)C[C@@H]1CC[C@H]1[C@@H]3CC[C@@H]4[C@@H]5O[C@@H]5CCC43CC[C@@H]12. The molecule has 5 saturated carbocycles. The Kier molecular flexibility index (Phi) is 3.00. The third-order valence-electron chi connectivity index (χ3n) is 10.3. The maximum Gasteiger partial charge on any atom is 0.0875 e. The van der Waals surface area contributed by atoms with Crippen LogP contribution in [0.25, 0.3) is 0 Å². The average molecular weight is 331 g/mol. The largest absolute Gasteiger partial charge is 0.393 e. The summed E-state index contributed by atoms with van der Waals surface area (Å²) in [5.41, 5.74) is 1.21. The van der Waals surface area contributed by atoms with E-state index < -0.39 is 0 Å². The van der Waals surface area contributed by atoms with Gasteiger partial charge in [-0.25, -0.2) is 0 Å². The highest BCUT2D eigenvalue weighted by atomic mass is 16.6. The molecule has 24 heavy (non-hydrogen) atoms. The van der Waals surface area contributed by atoms with E-state index in [0.29, 0.717) is 23.0 Å². The maximum absolute atomic E-state index is 10.2. The quantitative estimate of drug-likeness (QED) is 0.661. The first-order valence-electron chi connectivity index (χ1n) is 11.0. The van der Waals surface area contributed by atoms with Gasteiger partial charge in [-0.05, 0) is 111 Å². The summed E-state index contributed by atoms with van der Waals surface area (Å²) in [7, 11) is 0. The van der Waals surface area contributed by atoms with Crippen LogP contribution in [0.15, 0.2) is 0 Å². The van der Waals surface area contributed by atoms with E-state index in [9.17, 15) is 5.11 Å². The van der Waals surface area contributed by atoms with E-state index in [0.717, 1.165) is 42.4 Å². The van der Waals surface area contributed by atoms with Gasteiger partial charge in [0.05, 0.1) is 18.3 Å². The van der Waals surface area contributed by atoms with Crippen LogP contribution in [0.2, 0.25) is 0 Å². The molecule has 1 aliphatic heterocycles. The van der Waals surface area contributed by atoms with Gasteiger partial charge in [0.15, 0.2) is 0 Å². The number of rotatable bonds is 0. The lowest BCUT2D eigenvalue weighted by molar-refractivity contribution is -0.134. The van der Waals surface area contributed by atoms with Crippen LogP contribution >= 0.6 is 0 Å². The second kappa shape index (κ2) is 4.80. The Hall–Kier alpha value is -0.0800. The zero-order valence-electron chi connectivity index (χ0n) is 15.3. The molecule has 6 aliphatic rings. The average Bonchev–Trinajstić information content (AvgIpc) is 3.26. The molecule has 1 spiro atoms. The minimum atomic E-state index is -0.00675. The Morgan fingerprint density at radius 3 is 2.58 bits per heavy atom. The highest BCUT2D eigenvalue weighted by Crippen LogP contribution is 2.71. The summed E-state index contributed by atoms with van der Waals surface area (Å²) in [5.74, 6) is 4.68. The van der Waals surface area contributed by atoms with Crippen LogP contribution in [0.3, 0.4) is 0 Å². The van der Waals surface area contributed by atoms with Crippen LogP contribution in [0.5, 0.6) is 0 Å². The van der Waals surface area contributed by atoms with Crippen LogP contribution in [-0.4, -0.2) is 23.4 Å². The standard InChI is InChI=1S/C22H34O2/c1-21-9-6-14(23)12-13(21)2-3-15-16(21)7-10-22-11-8-19-20(24-19)18(22)5-4-17(15)22/h13-20,23H,2-12H2,1H3/t13-,14+,15+,16-,17-,18+,19+,20-,21-,22?/m0/s1. The Morgan fingerprint density at radius 2 is 1.67 bits per heavy atom. The molecule has 0 amide bonds. The summed E-state index contributed by atoms with van der Waals surface area (Å²) in [6, 6.07) is 0. The molecule has 2 nitrogen and oxygen atoms in total. The Bertz CT molecular complexity index is 546. The third kappa shape index (κ3) is 1.76. The Labute approximate surface area is 146 Å². The molecule has 0 aromatic heterocycles. The van der Waals surface area contributed by atoms with Crippen molar-refractivity contribution in [2.75, 3.05) is 0 Å². The van der Waals surface area contributed by atoms with Gasteiger partial charge in [0, 0.05) is 0 Å². The maximum atomic E-state index is 10.2. The fourth-order valence-electron chi connectivity index (χ4n) is 9.23. The van der Waals surface area contributed by atoms with Crippen molar-refractivity contribution in [3.63, 3.8) is 0 Å². The van der Waals surface area contributed by atoms with Crippen molar-refractivity contribution in [1.29, 1.82) is 0 Å². The first kappa shape index (κ1) is 15.0. The minimum absolute atomic E-state index is 0.00675. The lowest BCUT2D eigenvalue weighted by Gasteiger charge is -2.62. The molecule has 134 valence electrons. The molecular formula is C22H34O2. The van der Waals surface area contributed by atoms with E-state index in [4.69, 9.17) is 4.74 Å². The van der Waals surface area contributed by atoms with Gasteiger partial charge in [0.1, 0.15) is 0 Å². The van der Waals surface area contributed by atoms with E-state index in [2.05, 4.69) is 6.92 Å². The van der Waals surface area contributed by atoms with E-state index in [1.165, 1.54) is 57.8 Å². The molecule has 6 rings (SSSR count). The van der Waals surface area contributed by atoms with Gasteiger partial charge in [0.25, 0.3) is 0 Å². The highest BCUT2D eigenvalue weighted by Gasteiger charge is 2.67. The van der Waals surface area contributed by atoms with Crippen molar-refractivity contribution in [3.05, 3.63) is 0 Å². The number of fused-ring (bicyclic) bond motifs is 6. The van der Waals surface area contributed by atoms with Crippen molar-refractivity contribution >= 4 is 0 Å². The monoisotopic (exact) mass is 330 g/mol. The van der Waals surface area contributed by atoms with Crippen molar-refractivity contribution in [3.8, 4) is 0 Å². The van der Waals surface area contributed by atoms with E-state index in [1.54, 1.807) is 0 Å². The van der Waals surface area contributed by atoms with E-state index >= 15 is 0 Å². The molecule has 1 saturated heterocycles. The Balaban J connectivity index is 1.32. The summed E-state index contributed by atoms with van der Waals surface area (Å²) in [6.07, 6.45) is 16.4. The van der Waals surface area contributed by atoms with Crippen molar-refractivity contribution in [1.82, 2.24) is 0 Å². The third-order valence-corrected chi connectivity index (χ3v) is 10.3. The highest BCUT2D eigenvalue weighted by molar-refractivity contribution is 5.16. The predicted octanol–water partition coefficient (Wildman–Crippen LogP) is 4.55. The number of aliphatic hydroxyl groups excluding tert-OH is 1. The van der Waals surface area contributed by atoms with Crippen LogP contribution in [0, 0.1) is 40.4 Å². The number of ether oxygens (including phenoxy) is 1. The molecule has 0 radical (unpaired) electrons. The Morgan fingerprint density at radius 1 is 0.833 bits per heavy atom.